The average molecular weight is 386 g/mol. The molecule has 2 amide bonds. The summed E-state index contributed by atoms with van der Waals surface area (Å²) in [5, 5.41) is 6.46. The minimum absolute atomic E-state index is 0.0391. The largest absolute Gasteiger partial charge is 0.481 e. The fourth-order valence-electron chi connectivity index (χ4n) is 3.07. The topological polar surface area (TPSA) is 87.9 Å². The second-order valence-corrected chi connectivity index (χ2v) is 7.05. The van der Waals surface area contributed by atoms with E-state index >= 15 is 0 Å². The quantitative estimate of drug-likeness (QED) is 0.815. The zero-order valence-electron chi connectivity index (χ0n) is 16.5. The van der Waals surface area contributed by atoms with Gasteiger partial charge in [-0.05, 0) is 32.9 Å². The number of hydrogen-bond donors (Lipinski definition) is 1. The van der Waals surface area contributed by atoms with E-state index in [1.165, 1.54) is 0 Å². The van der Waals surface area contributed by atoms with Crippen LogP contribution in [-0.4, -0.2) is 65.6 Å². The van der Waals surface area contributed by atoms with Gasteiger partial charge >= 0.3 is 0 Å². The van der Waals surface area contributed by atoms with Crippen molar-refractivity contribution < 1.29 is 18.8 Å². The number of piperazine rings is 1. The number of amides is 2. The number of hydrogen-bond acceptors (Lipinski definition) is 6. The van der Waals surface area contributed by atoms with Crippen LogP contribution in [0.5, 0.6) is 5.75 Å². The van der Waals surface area contributed by atoms with Gasteiger partial charge in [-0.3, -0.25) is 14.5 Å². The second-order valence-electron chi connectivity index (χ2n) is 7.05. The Morgan fingerprint density at radius 3 is 2.46 bits per heavy atom. The number of nitrogens with zero attached hydrogens (tertiary/aromatic N) is 3. The lowest BCUT2D eigenvalue weighted by Crippen LogP contribution is -2.53. The normalized spacial score (nSPS) is 15.9. The molecule has 150 valence electrons. The van der Waals surface area contributed by atoms with Gasteiger partial charge in [-0.1, -0.05) is 22.9 Å². The highest BCUT2D eigenvalue weighted by atomic mass is 16.5. The molecular formula is C20H26N4O4. The van der Waals surface area contributed by atoms with E-state index in [4.69, 9.17) is 9.26 Å². The van der Waals surface area contributed by atoms with Crippen molar-refractivity contribution in [2.24, 2.45) is 0 Å². The average Bonchev–Trinajstić information content (AvgIpc) is 3.08. The van der Waals surface area contributed by atoms with E-state index in [2.05, 4.69) is 10.5 Å². The Morgan fingerprint density at radius 1 is 1.18 bits per heavy atom. The van der Waals surface area contributed by atoms with Crippen LogP contribution in [0.15, 0.2) is 34.9 Å². The van der Waals surface area contributed by atoms with Gasteiger partial charge in [-0.25, -0.2) is 0 Å². The zero-order valence-corrected chi connectivity index (χ0v) is 16.5. The number of aromatic nitrogens is 1. The first-order valence-electron chi connectivity index (χ1n) is 9.38. The van der Waals surface area contributed by atoms with Crippen molar-refractivity contribution in [2.45, 2.75) is 26.9 Å². The Labute approximate surface area is 164 Å². The maximum Gasteiger partial charge on any atom is 0.263 e. The molecule has 0 saturated carbocycles. The monoisotopic (exact) mass is 386 g/mol. The molecule has 8 nitrogen and oxygen atoms in total. The Morgan fingerprint density at radius 2 is 1.86 bits per heavy atom. The van der Waals surface area contributed by atoms with Crippen LogP contribution in [0.2, 0.25) is 0 Å². The lowest BCUT2D eigenvalue weighted by Gasteiger charge is -2.35. The first-order valence-corrected chi connectivity index (χ1v) is 9.38. The molecule has 0 aliphatic carbocycles. The number of rotatable bonds is 6. The van der Waals surface area contributed by atoms with Gasteiger partial charge < -0.3 is 19.5 Å². The third-order valence-corrected chi connectivity index (χ3v) is 4.63. The lowest BCUT2D eigenvalue weighted by atomic mass is 10.2. The Hall–Kier alpha value is -2.87. The molecule has 2 aromatic rings. The molecular weight excluding hydrogens is 360 g/mol. The summed E-state index contributed by atoms with van der Waals surface area (Å²) in [6.07, 6.45) is -0.548. The minimum Gasteiger partial charge on any atom is -0.481 e. The molecule has 1 aromatic carbocycles. The summed E-state index contributed by atoms with van der Waals surface area (Å²) in [6, 6.07) is 9.31. The van der Waals surface area contributed by atoms with E-state index < -0.39 is 6.10 Å². The number of carbonyl (C=O) groups is 2. The molecule has 1 fully saturated rings. The van der Waals surface area contributed by atoms with E-state index in [-0.39, 0.29) is 18.4 Å². The maximum atomic E-state index is 12.6. The molecule has 1 N–H and O–H groups in total. The van der Waals surface area contributed by atoms with Gasteiger partial charge in [0.15, 0.2) is 11.9 Å². The molecule has 0 radical (unpaired) electrons. The highest BCUT2D eigenvalue weighted by Crippen LogP contribution is 2.15. The molecule has 0 spiro atoms. The van der Waals surface area contributed by atoms with Gasteiger partial charge in [0.2, 0.25) is 5.91 Å². The van der Waals surface area contributed by atoms with E-state index in [1.54, 1.807) is 24.8 Å². The van der Waals surface area contributed by atoms with Crippen LogP contribution in [0.3, 0.4) is 0 Å². The van der Waals surface area contributed by atoms with Gasteiger partial charge in [0.05, 0.1) is 6.54 Å². The number of ether oxygens (including phenoxy) is 1. The van der Waals surface area contributed by atoms with Crippen molar-refractivity contribution in [3.05, 3.63) is 41.7 Å². The van der Waals surface area contributed by atoms with Gasteiger partial charge in [-0.15, -0.1) is 0 Å². The smallest absolute Gasteiger partial charge is 0.263 e. The molecule has 8 heteroatoms. The molecule has 2 heterocycles. The third-order valence-electron chi connectivity index (χ3n) is 4.63. The van der Waals surface area contributed by atoms with Crippen LogP contribution >= 0.6 is 0 Å². The summed E-state index contributed by atoms with van der Waals surface area (Å²) in [6.45, 7) is 8.19. The molecule has 3 rings (SSSR count). The lowest BCUT2D eigenvalue weighted by molar-refractivity contribution is -0.139. The molecule has 1 aliphatic heterocycles. The number of carbonyl (C=O) groups excluding carboxylic acids is 2. The number of benzene rings is 1. The summed E-state index contributed by atoms with van der Waals surface area (Å²) in [4.78, 5) is 28.5. The zero-order chi connectivity index (χ0) is 20.1. The van der Waals surface area contributed by atoms with Crippen LogP contribution in [0.1, 0.15) is 18.2 Å². The predicted octanol–water partition coefficient (Wildman–Crippen LogP) is 1.84. The van der Waals surface area contributed by atoms with Crippen molar-refractivity contribution in [1.82, 2.24) is 15.0 Å². The van der Waals surface area contributed by atoms with Crippen molar-refractivity contribution in [2.75, 3.05) is 38.0 Å². The van der Waals surface area contributed by atoms with Crippen molar-refractivity contribution in [3.8, 4) is 5.75 Å². The Bertz CT molecular complexity index is 810. The molecule has 1 atom stereocenters. The first-order chi connectivity index (χ1) is 13.4. The van der Waals surface area contributed by atoms with Crippen LogP contribution < -0.4 is 10.1 Å². The van der Waals surface area contributed by atoms with E-state index in [9.17, 15) is 9.59 Å². The van der Waals surface area contributed by atoms with Gasteiger partial charge in [-0.2, -0.15) is 0 Å². The van der Waals surface area contributed by atoms with Crippen molar-refractivity contribution in [1.29, 1.82) is 0 Å². The third kappa shape index (κ3) is 5.32. The summed E-state index contributed by atoms with van der Waals surface area (Å²) >= 11 is 0. The molecule has 1 aliphatic rings. The molecule has 0 unspecified atom stereocenters. The van der Waals surface area contributed by atoms with Crippen LogP contribution in [0.4, 0.5) is 5.82 Å². The van der Waals surface area contributed by atoms with Crippen molar-refractivity contribution >= 4 is 17.6 Å². The molecule has 28 heavy (non-hydrogen) atoms. The van der Waals surface area contributed by atoms with Gasteiger partial charge in [0.1, 0.15) is 11.5 Å². The standard InChI is InChI=1S/C20H26N4O4/c1-14-4-6-17(7-5-14)27-16(3)20(26)24-10-8-23(9-11-24)13-19(25)21-18-12-15(2)28-22-18/h4-7,12,16H,8-11,13H2,1-3H3,(H,21,22,25)/t16-/m0/s1. The SMILES string of the molecule is Cc1ccc(O[C@@H](C)C(=O)N2CCN(CC(=O)Nc3cc(C)on3)CC2)cc1. The van der Waals surface area contributed by atoms with Gasteiger partial charge in [0.25, 0.3) is 5.91 Å². The number of anilines is 1. The first kappa shape index (κ1) is 19.9. The highest BCUT2D eigenvalue weighted by molar-refractivity contribution is 5.91. The summed E-state index contributed by atoms with van der Waals surface area (Å²) in [7, 11) is 0. The predicted molar refractivity (Wildman–Crippen MR) is 104 cm³/mol. The second kappa shape index (κ2) is 8.88. The maximum absolute atomic E-state index is 12.6. The van der Waals surface area contributed by atoms with Crippen LogP contribution in [-0.2, 0) is 9.59 Å². The fourth-order valence-corrected chi connectivity index (χ4v) is 3.07. The minimum atomic E-state index is -0.548. The molecule has 0 bridgehead atoms. The summed E-state index contributed by atoms with van der Waals surface area (Å²) in [5.41, 5.74) is 1.14. The Kier molecular flexibility index (Phi) is 6.30. The fraction of sp³-hybridized carbons (Fsp3) is 0.450. The van der Waals surface area contributed by atoms with Crippen molar-refractivity contribution in [3.63, 3.8) is 0 Å². The molecule has 1 aromatic heterocycles. The Balaban J connectivity index is 1.43. The van der Waals surface area contributed by atoms with Crippen LogP contribution in [0, 0.1) is 13.8 Å². The number of aryl methyl sites for hydroxylation is 2. The van der Waals surface area contributed by atoms with Gasteiger partial charge in [0, 0.05) is 32.2 Å². The summed E-state index contributed by atoms with van der Waals surface area (Å²) < 4.78 is 10.7. The van der Waals surface area contributed by atoms with E-state index in [0.717, 1.165) is 5.56 Å². The summed E-state index contributed by atoms with van der Waals surface area (Å²) in [5.74, 6) is 1.56. The molecule has 1 saturated heterocycles. The van der Waals surface area contributed by atoms with E-state index in [0.29, 0.717) is 43.5 Å². The van der Waals surface area contributed by atoms with Crippen LogP contribution in [0.25, 0.3) is 0 Å². The highest BCUT2D eigenvalue weighted by Gasteiger charge is 2.26. The number of nitrogens with one attached hydrogen (secondary N) is 1. The van der Waals surface area contributed by atoms with E-state index in [1.807, 2.05) is 36.1 Å².